The van der Waals surface area contributed by atoms with E-state index in [0.29, 0.717) is 12.2 Å². The Hall–Kier alpha value is -1.26. The Labute approximate surface area is 94.6 Å². The van der Waals surface area contributed by atoms with E-state index >= 15 is 0 Å². The van der Waals surface area contributed by atoms with Crippen LogP contribution in [0.15, 0.2) is 24.3 Å². The number of rotatable bonds is 7. The summed E-state index contributed by atoms with van der Waals surface area (Å²) in [7, 11) is 1.64. The molecule has 88 valence electrons. The number of ketones is 1. The van der Waals surface area contributed by atoms with E-state index in [1.54, 1.807) is 7.11 Å². The van der Waals surface area contributed by atoms with Gasteiger partial charge in [-0.3, -0.25) is 4.79 Å². The second-order valence-electron chi connectivity index (χ2n) is 3.45. The van der Waals surface area contributed by atoms with E-state index < -0.39 is 0 Å². The fraction of sp³-hybridized carbons (Fsp3) is 0.417. The lowest BCUT2D eigenvalue weighted by Gasteiger charge is -2.03. The predicted octanol–water partition coefficient (Wildman–Crippen LogP) is 1.63. The van der Waals surface area contributed by atoms with Crippen molar-refractivity contribution in [2.45, 2.75) is 6.42 Å². The van der Waals surface area contributed by atoms with Gasteiger partial charge in [-0.1, -0.05) is 0 Å². The number of benzene rings is 1. The molecule has 0 saturated carbocycles. The molecule has 1 aromatic rings. The molecule has 0 heterocycles. The Kier molecular flexibility index (Phi) is 5.67. The van der Waals surface area contributed by atoms with Gasteiger partial charge in [0.15, 0.2) is 5.78 Å². The van der Waals surface area contributed by atoms with Crippen molar-refractivity contribution < 1.29 is 13.9 Å². The average Bonchev–Trinajstić information content (AvgIpc) is 2.29. The minimum absolute atomic E-state index is 0.0302. The molecule has 0 bridgehead atoms. The number of Topliss-reactive ketones (excluding diaryl/α,β-unsaturated/α-hetero) is 1. The molecule has 0 aliphatic carbocycles. The Balaban J connectivity index is 2.27. The van der Waals surface area contributed by atoms with E-state index in [1.807, 2.05) is 0 Å². The number of hydrogen-bond donors (Lipinski definition) is 1. The third-order valence-corrected chi connectivity index (χ3v) is 2.15. The molecule has 1 N–H and O–H groups in total. The summed E-state index contributed by atoms with van der Waals surface area (Å²) < 4.78 is 17.5. The van der Waals surface area contributed by atoms with Crippen molar-refractivity contribution in [2.24, 2.45) is 0 Å². The fourth-order valence-electron chi connectivity index (χ4n) is 1.28. The number of carbonyl (C=O) groups excluding carboxylic acids is 1. The minimum atomic E-state index is -0.329. The monoisotopic (exact) mass is 225 g/mol. The van der Waals surface area contributed by atoms with Crippen LogP contribution in [0.25, 0.3) is 0 Å². The zero-order chi connectivity index (χ0) is 11.8. The molecular weight excluding hydrogens is 209 g/mol. The second kappa shape index (κ2) is 7.09. The first-order valence-electron chi connectivity index (χ1n) is 5.22. The van der Waals surface area contributed by atoms with Gasteiger partial charge in [0.25, 0.3) is 0 Å². The van der Waals surface area contributed by atoms with Gasteiger partial charge >= 0.3 is 0 Å². The molecule has 0 fully saturated rings. The van der Waals surface area contributed by atoms with E-state index in [-0.39, 0.29) is 18.1 Å². The molecule has 1 aromatic carbocycles. The van der Waals surface area contributed by atoms with Crippen LogP contribution < -0.4 is 5.32 Å². The van der Waals surface area contributed by atoms with Gasteiger partial charge in [0.2, 0.25) is 0 Å². The minimum Gasteiger partial charge on any atom is -0.385 e. The summed E-state index contributed by atoms with van der Waals surface area (Å²) in [6, 6.07) is 5.57. The molecule has 0 atom stereocenters. The van der Waals surface area contributed by atoms with Gasteiger partial charge in [-0.15, -0.1) is 0 Å². The Bertz CT molecular complexity index is 324. The highest BCUT2D eigenvalue weighted by Gasteiger charge is 2.04. The van der Waals surface area contributed by atoms with Crippen LogP contribution >= 0.6 is 0 Å². The van der Waals surface area contributed by atoms with Crippen LogP contribution in [0.3, 0.4) is 0 Å². The summed E-state index contributed by atoms with van der Waals surface area (Å²) in [6.07, 6.45) is 0.868. The molecule has 3 nitrogen and oxygen atoms in total. The highest BCUT2D eigenvalue weighted by molar-refractivity contribution is 5.97. The van der Waals surface area contributed by atoms with Crippen molar-refractivity contribution >= 4 is 5.78 Å². The Morgan fingerprint density at radius 3 is 2.69 bits per heavy atom. The first kappa shape index (κ1) is 12.8. The SMILES string of the molecule is COCCCNCC(=O)c1ccc(F)cc1. The van der Waals surface area contributed by atoms with E-state index in [2.05, 4.69) is 5.32 Å². The normalized spacial score (nSPS) is 10.4. The van der Waals surface area contributed by atoms with Crippen LogP contribution in [0.5, 0.6) is 0 Å². The van der Waals surface area contributed by atoms with Gasteiger partial charge in [-0.05, 0) is 37.2 Å². The molecular formula is C12H16FNO2. The third kappa shape index (κ3) is 4.51. The number of hydrogen-bond acceptors (Lipinski definition) is 3. The van der Waals surface area contributed by atoms with Crippen molar-refractivity contribution in [3.05, 3.63) is 35.6 Å². The van der Waals surface area contributed by atoms with Gasteiger partial charge in [0.1, 0.15) is 5.82 Å². The molecule has 0 amide bonds. The highest BCUT2D eigenvalue weighted by atomic mass is 19.1. The van der Waals surface area contributed by atoms with Gasteiger partial charge in [0, 0.05) is 19.3 Å². The van der Waals surface area contributed by atoms with Crippen LogP contribution in [-0.2, 0) is 4.74 Å². The summed E-state index contributed by atoms with van der Waals surface area (Å²) >= 11 is 0. The van der Waals surface area contributed by atoms with Gasteiger partial charge in [-0.2, -0.15) is 0 Å². The summed E-state index contributed by atoms with van der Waals surface area (Å²) in [5.41, 5.74) is 0.528. The van der Waals surface area contributed by atoms with Crippen LogP contribution in [0.4, 0.5) is 4.39 Å². The van der Waals surface area contributed by atoms with Crippen LogP contribution in [0.2, 0.25) is 0 Å². The molecule has 16 heavy (non-hydrogen) atoms. The van der Waals surface area contributed by atoms with Gasteiger partial charge < -0.3 is 10.1 Å². The topological polar surface area (TPSA) is 38.3 Å². The molecule has 0 spiro atoms. The quantitative estimate of drug-likeness (QED) is 0.566. The van der Waals surface area contributed by atoms with Crippen molar-refractivity contribution in [3.8, 4) is 0 Å². The Morgan fingerprint density at radius 2 is 2.06 bits per heavy atom. The van der Waals surface area contributed by atoms with Crippen LogP contribution in [-0.4, -0.2) is 32.6 Å². The summed E-state index contributed by atoms with van der Waals surface area (Å²) in [6.45, 7) is 1.69. The lowest BCUT2D eigenvalue weighted by atomic mass is 10.1. The van der Waals surface area contributed by atoms with Crippen molar-refractivity contribution in [2.75, 3.05) is 26.8 Å². The first-order chi connectivity index (χ1) is 7.74. The molecule has 0 aliphatic heterocycles. The molecule has 0 unspecified atom stereocenters. The van der Waals surface area contributed by atoms with Crippen molar-refractivity contribution in [3.63, 3.8) is 0 Å². The maximum absolute atomic E-state index is 12.6. The van der Waals surface area contributed by atoms with E-state index in [9.17, 15) is 9.18 Å². The molecule has 1 rings (SSSR count). The standard InChI is InChI=1S/C12H16FNO2/c1-16-8-2-7-14-9-12(15)10-3-5-11(13)6-4-10/h3-6,14H,2,7-9H2,1H3. The van der Waals surface area contributed by atoms with E-state index in [1.165, 1.54) is 24.3 Å². The van der Waals surface area contributed by atoms with Gasteiger partial charge in [0.05, 0.1) is 6.54 Å². The summed E-state index contributed by atoms with van der Waals surface area (Å²) in [4.78, 5) is 11.6. The lowest BCUT2D eigenvalue weighted by Crippen LogP contribution is -2.24. The van der Waals surface area contributed by atoms with Crippen molar-refractivity contribution in [1.29, 1.82) is 0 Å². The van der Waals surface area contributed by atoms with Crippen LogP contribution in [0, 0.1) is 5.82 Å². The average molecular weight is 225 g/mol. The molecule has 0 radical (unpaired) electrons. The lowest BCUT2D eigenvalue weighted by molar-refractivity contribution is 0.0990. The smallest absolute Gasteiger partial charge is 0.176 e. The predicted molar refractivity (Wildman–Crippen MR) is 60.1 cm³/mol. The number of nitrogens with one attached hydrogen (secondary N) is 1. The zero-order valence-corrected chi connectivity index (χ0v) is 9.33. The summed E-state index contributed by atoms with van der Waals surface area (Å²) in [5, 5.41) is 3.01. The fourth-order valence-corrected chi connectivity index (χ4v) is 1.28. The Morgan fingerprint density at radius 1 is 1.38 bits per heavy atom. The largest absolute Gasteiger partial charge is 0.385 e. The van der Waals surface area contributed by atoms with E-state index in [0.717, 1.165) is 13.0 Å². The number of halogens is 1. The van der Waals surface area contributed by atoms with E-state index in [4.69, 9.17) is 4.74 Å². The molecule has 0 aliphatic rings. The summed E-state index contributed by atoms with van der Waals surface area (Å²) in [5.74, 6) is -0.359. The van der Waals surface area contributed by atoms with Gasteiger partial charge in [-0.25, -0.2) is 4.39 Å². The third-order valence-electron chi connectivity index (χ3n) is 2.15. The zero-order valence-electron chi connectivity index (χ0n) is 9.33. The van der Waals surface area contributed by atoms with Crippen molar-refractivity contribution in [1.82, 2.24) is 5.32 Å². The molecule has 4 heteroatoms. The first-order valence-corrected chi connectivity index (χ1v) is 5.22. The second-order valence-corrected chi connectivity index (χ2v) is 3.45. The maximum atomic E-state index is 12.6. The highest BCUT2D eigenvalue weighted by Crippen LogP contribution is 2.02. The number of carbonyl (C=O) groups is 1. The number of methoxy groups -OCH3 is 1. The number of ether oxygens (including phenoxy) is 1. The maximum Gasteiger partial charge on any atom is 0.176 e. The molecule has 0 saturated heterocycles. The molecule has 0 aromatic heterocycles. The van der Waals surface area contributed by atoms with Crippen LogP contribution in [0.1, 0.15) is 16.8 Å².